The number of aryl methyl sites for hydroxylation is 2. The van der Waals surface area contributed by atoms with E-state index in [-0.39, 0.29) is 56.8 Å². The van der Waals surface area contributed by atoms with Crippen molar-refractivity contribution in [3.05, 3.63) is 118 Å². The molecule has 5 rings (SSSR count). The Morgan fingerprint density at radius 1 is 0.561 bits per heavy atom. The van der Waals surface area contributed by atoms with Crippen molar-refractivity contribution in [2.24, 2.45) is 0 Å². The fourth-order valence-corrected chi connectivity index (χ4v) is 6.14. The zero-order valence-electron chi connectivity index (χ0n) is 22.0. The first kappa shape index (κ1) is 28.2. The molecule has 0 amide bonds. The van der Waals surface area contributed by atoms with Crippen molar-refractivity contribution in [3.63, 3.8) is 0 Å². The molecule has 4 aromatic rings. The van der Waals surface area contributed by atoms with Gasteiger partial charge < -0.3 is 8.92 Å². The fraction of sp³-hybridized carbons (Fsp3) is 0.133. The molecule has 0 atom stereocenters. The Balaban J connectivity index is 1.39. The Labute approximate surface area is 237 Å². The van der Waals surface area contributed by atoms with Gasteiger partial charge in [0.2, 0.25) is 5.78 Å². The third-order valence-electron chi connectivity index (χ3n) is 6.39. The predicted octanol–water partition coefficient (Wildman–Crippen LogP) is 4.63. The van der Waals surface area contributed by atoms with E-state index >= 15 is 0 Å². The van der Waals surface area contributed by atoms with Gasteiger partial charge in [-0.3, -0.25) is 13.8 Å². The van der Waals surface area contributed by atoms with Gasteiger partial charge in [-0.05, 0) is 50.2 Å². The zero-order valence-corrected chi connectivity index (χ0v) is 23.6. The quantitative estimate of drug-likeness (QED) is 0.178. The summed E-state index contributed by atoms with van der Waals surface area (Å²) in [6.07, 6.45) is 0. The Morgan fingerprint density at radius 2 is 1.05 bits per heavy atom. The maximum Gasteiger partial charge on any atom is 0.339 e. The maximum atomic E-state index is 13.7. The number of ketones is 2. The summed E-state index contributed by atoms with van der Waals surface area (Å²) in [4.78, 5) is 27.0. The molecule has 210 valence electrons. The van der Waals surface area contributed by atoms with Crippen LogP contribution in [-0.2, 0) is 24.4 Å². The van der Waals surface area contributed by atoms with Gasteiger partial charge in [-0.15, -0.1) is 0 Å². The first-order valence-electron chi connectivity index (χ1n) is 12.4. The summed E-state index contributed by atoms with van der Waals surface area (Å²) in [5, 5.41) is 0. The minimum atomic E-state index is -4.32. The number of rotatable bonds is 9. The van der Waals surface area contributed by atoms with Crippen molar-refractivity contribution in [2.75, 3.05) is 13.2 Å². The number of hydrogen-bond acceptors (Lipinski definition) is 9. The standard InChI is InChI=1S/C30H24O9S2/c1-19-9-13-21(14-10-19)40(33,34)38-18-17-37-25-7-3-5-23-27(25)30(32)28-24(29(23)31)6-4-8-26(28)39-41(35,36)22-15-11-20(2)12-16-22/h3-16H,17-18H2,1-2H3. The third-order valence-corrected chi connectivity index (χ3v) is 8.97. The highest BCUT2D eigenvalue weighted by Crippen LogP contribution is 2.38. The molecule has 11 heteroatoms. The Bertz CT molecular complexity index is 1880. The molecule has 0 bridgehead atoms. The smallest absolute Gasteiger partial charge is 0.339 e. The number of ether oxygens (including phenoxy) is 1. The highest BCUT2D eigenvalue weighted by Gasteiger charge is 2.36. The molecule has 0 unspecified atom stereocenters. The van der Waals surface area contributed by atoms with Crippen molar-refractivity contribution in [3.8, 4) is 11.5 Å². The summed E-state index contributed by atoms with van der Waals surface area (Å²) < 4.78 is 66.9. The average Bonchev–Trinajstić information content (AvgIpc) is 2.94. The lowest BCUT2D eigenvalue weighted by Gasteiger charge is -2.22. The highest BCUT2D eigenvalue weighted by molar-refractivity contribution is 7.87. The summed E-state index contributed by atoms with van der Waals surface area (Å²) in [6, 6.07) is 20.7. The van der Waals surface area contributed by atoms with Crippen molar-refractivity contribution < 1.29 is 39.5 Å². The molecular formula is C30H24O9S2. The first-order chi connectivity index (χ1) is 19.5. The van der Waals surface area contributed by atoms with Crippen LogP contribution in [0.5, 0.6) is 11.5 Å². The molecule has 0 saturated carbocycles. The van der Waals surface area contributed by atoms with Crippen LogP contribution in [0.2, 0.25) is 0 Å². The molecule has 4 aromatic carbocycles. The molecular weight excluding hydrogens is 568 g/mol. The first-order valence-corrected chi connectivity index (χ1v) is 15.2. The molecule has 1 aliphatic rings. The van der Waals surface area contributed by atoms with E-state index in [2.05, 4.69) is 0 Å². The van der Waals surface area contributed by atoms with E-state index in [0.29, 0.717) is 0 Å². The van der Waals surface area contributed by atoms with Gasteiger partial charge in [-0.25, -0.2) is 0 Å². The summed E-state index contributed by atoms with van der Waals surface area (Å²) >= 11 is 0. The van der Waals surface area contributed by atoms with Crippen LogP contribution >= 0.6 is 0 Å². The number of benzene rings is 4. The van der Waals surface area contributed by atoms with Crippen molar-refractivity contribution in [2.45, 2.75) is 23.6 Å². The van der Waals surface area contributed by atoms with Crippen LogP contribution in [0.1, 0.15) is 43.0 Å². The van der Waals surface area contributed by atoms with Crippen LogP contribution in [0.3, 0.4) is 0 Å². The van der Waals surface area contributed by atoms with Gasteiger partial charge in [0.15, 0.2) is 11.5 Å². The lowest BCUT2D eigenvalue weighted by molar-refractivity contribution is 0.0973. The number of hydrogen-bond donors (Lipinski definition) is 0. The second kappa shape index (κ2) is 10.9. The van der Waals surface area contributed by atoms with Crippen LogP contribution in [0.25, 0.3) is 0 Å². The van der Waals surface area contributed by atoms with E-state index < -0.39 is 31.8 Å². The molecule has 41 heavy (non-hydrogen) atoms. The highest BCUT2D eigenvalue weighted by atomic mass is 32.2. The van der Waals surface area contributed by atoms with Gasteiger partial charge in [0.25, 0.3) is 10.1 Å². The van der Waals surface area contributed by atoms with Crippen LogP contribution in [0.15, 0.2) is 94.7 Å². The minimum Gasteiger partial charge on any atom is -0.490 e. The van der Waals surface area contributed by atoms with Crippen LogP contribution in [0, 0.1) is 13.8 Å². The molecule has 0 heterocycles. The van der Waals surface area contributed by atoms with E-state index in [1.165, 1.54) is 60.7 Å². The summed E-state index contributed by atoms with van der Waals surface area (Å²) in [5.41, 5.74) is 1.49. The largest absolute Gasteiger partial charge is 0.490 e. The van der Waals surface area contributed by atoms with Crippen molar-refractivity contribution in [1.82, 2.24) is 0 Å². The average molecular weight is 593 g/mol. The summed E-state index contributed by atoms with van der Waals surface area (Å²) in [7, 11) is -8.35. The normalized spacial score (nSPS) is 12.9. The van der Waals surface area contributed by atoms with Crippen LogP contribution in [0.4, 0.5) is 0 Å². The van der Waals surface area contributed by atoms with Gasteiger partial charge in [0.1, 0.15) is 23.9 Å². The van der Waals surface area contributed by atoms with Gasteiger partial charge in [-0.1, -0.05) is 59.7 Å². The molecule has 0 spiro atoms. The van der Waals surface area contributed by atoms with E-state index in [1.807, 2.05) is 6.92 Å². The molecule has 0 radical (unpaired) electrons. The molecule has 0 N–H and O–H groups in total. The molecule has 0 fully saturated rings. The number of fused-ring (bicyclic) bond motifs is 2. The predicted molar refractivity (Wildman–Crippen MR) is 149 cm³/mol. The van der Waals surface area contributed by atoms with E-state index in [4.69, 9.17) is 13.1 Å². The topological polar surface area (TPSA) is 130 Å². The van der Waals surface area contributed by atoms with Gasteiger partial charge >= 0.3 is 10.1 Å². The lowest BCUT2D eigenvalue weighted by atomic mass is 9.83. The van der Waals surface area contributed by atoms with E-state index in [1.54, 1.807) is 31.2 Å². The van der Waals surface area contributed by atoms with Gasteiger partial charge in [0, 0.05) is 11.1 Å². The third kappa shape index (κ3) is 5.64. The summed E-state index contributed by atoms with van der Waals surface area (Å²) in [5.74, 6) is -1.47. The Kier molecular flexibility index (Phi) is 7.52. The van der Waals surface area contributed by atoms with Gasteiger partial charge in [-0.2, -0.15) is 16.8 Å². The van der Waals surface area contributed by atoms with Crippen molar-refractivity contribution in [1.29, 1.82) is 0 Å². The number of carbonyl (C=O) groups excluding carboxylic acids is 2. The Morgan fingerprint density at radius 3 is 1.61 bits per heavy atom. The number of carbonyl (C=O) groups is 2. The molecule has 0 aliphatic heterocycles. The second-order valence-electron chi connectivity index (χ2n) is 9.30. The lowest BCUT2D eigenvalue weighted by Crippen LogP contribution is -2.24. The summed E-state index contributed by atoms with van der Waals surface area (Å²) in [6.45, 7) is 3.02. The van der Waals surface area contributed by atoms with Gasteiger partial charge in [0.05, 0.1) is 16.0 Å². The second-order valence-corrected chi connectivity index (χ2v) is 12.5. The van der Waals surface area contributed by atoms with Crippen LogP contribution < -0.4 is 8.92 Å². The Hall–Kier alpha value is -4.32. The molecule has 9 nitrogen and oxygen atoms in total. The molecule has 1 aliphatic carbocycles. The SMILES string of the molecule is Cc1ccc(S(=O)(=O)OCCOc2cccc3c2C(=O)c2c(OS(=O)(=O)c4ccc(C)cc4)cccc2C3=O)cc1. The maximum absolute atomic E-state index is 13.7. The van der Waals surface area contributed by atoms with Crippen molar-refractivity contribution >= 4 is 31.8 Å². The van der Waals surface area contributed by atoms with E-state index in [0.717, 1.165) is 11.1 Å². The zero-order chi connectivity index (χ0) is 29.4. The fourth-order valence-electron chi connectivity index (χ4n) is 4.31. The monoisotopic (exact) mass is 592 g/mol. The minimum absolute atomic E-state index is 0.00862. The molecule has 0 saturated heterocycles. The molecule has 0 aromatic heterocycles. The van der Waals surface area contributed by atoms with Crippen LogP contribution in [-0.4, -0.2) is 41.6 Å². The van der Waals surface area contributed by atoms with E-state index in [9.17, 15) is 26.4 Å².